The molecule has 6 heteroatoms. The number of carbonyl (C=O) groups excluding carboxylic acids is 3. The van der Waals surface area contributed by atoms with Crippen molar-refractivity contribution in [1.29, 1.82) is 0 Å². The first kappa shape index (κ1) is 20.5. The van der Waals surface area contributed by atoms with Gasteiger partial charge in [-0.15, -0.1) is 0 Å². The van der Waals surface area contributed by atoms with Crippen LogP contribution in [0.2, 0.25) is 0 Å². The third-order valence-corrected chi connectivity index (χ3v) is 4.22. The van der Waals surface area contributed by atoms with Gasteiger partial charge in [0, 0.05) is 26.1 Å². The van der Waals surface area contributed by atoms with Crippen molar-refractivity contribution in [2.45, 2.75) is 66.0 Å². The monoisotopic (exact) mass is 339 g/mol. The lowest BCUT2D eigenvalue weighted by molar-refractivity contribution is -0.145. The van der Waals surface area contributed by atoms with Gasteiger partial charge in [-0.1, -0.05) is 34.6 Å². The van der Waals surface area contributed by atoms with Gasteiger partial charge in [-0.25, -0.2) is 0 Å². The Morgan fingerprint density at radius 1 is 1.21 bits per heavy atom. The van der Waals surface area contributed by atoms with E-state index in [1.54, 1.807) is 19.0 Å². The third-order valence-electron chi connectivity index (χ3n) is 4.22. The Labute approximate surface area is 145 Å². The summed E-state index contributed by atoms with van der Waals surface area (Å²) in [7, 11) is 3.37. The number of nitrogens with one attached hydrogen (secondary N) is 1. The van der Waals surface area contributed by atoms with Crippen LogP contribution in [-0.4, -0.2) is 60.2 Å². The van der Waals surface area contributed by atoms with Crippen molar-refractivity contribution >= 4 is 17.7 Å². The van der Waals surface area contributed by atoms with Crippen LogP contribution in [-0.2, 0) is 14.4 Å². The molecule has 0 spiro atoms. The van der Waals surface area contributed by atoms with Gasteiger partial charge in [-0.3, -0.25) is 14.4 Å². The molecule has 0 aromatic heterocycles. The summed E-state index contributed by atoms with van der Waals surface area (Å²) in [4.78, 5) is 40.8. The minimum absolute atomic E-state index is 0.0144. The van der Waals surface area contributed by atoms with Gasteiger partial charge in [-0.2, -0.15) is 0 Å². The molecule has 3 amide bonds. The molecule has 0 aromatic rings. The van der Waals surface area contributed by atoms with Crippen molar-refractivity contribution in [3.05, 3.63) is 0 Å². The lowest BCUT2D eigenvalue weighted by Crippen LogP contribution is -2.54. The fraction of sp³-hybridized carbons (Fsp3) is 0.833. The maximum atomic E-state index is 12.7. The van der Waals surface area contributed by atoms with Crippen molar-refractivity contribution in [1.82, 2.24) is 15.1 Å². The smallest absolute Gasteiger partial charge is 0.244 e. The summed E-state index contributed by atoms with van der Waals surface area (Å²) in [5, 5.41) is 2.88. The molecule has 0 aliphatic carbocycles. The number of hydrogen-bond donors (Lipinski definition) is 1. The van der Waals surface area contributed by atoms with E-state index in [9.17, 15) is 14.4 Å². The molecule has 1 heterocycles. The van der Waals surface area contributed by atoms with Gasteiger partial charge in [0.25, 0.3) is 0 Å². The van der Waals surface area contributed by atoms with Crippen LogP contribution in [0.1, 0.15) is 53.9 Å². The molecule has 0 radical (unpaired) electrons. The maximum absolute atomic E-state index is 12.7. The van der Waals surface area contributed by atoms with Gasteiger partial charge in [-0.05, 0) is 25.2 Å². The molecule has 1 rings (SSSR count). The molecule has 1 N–H and O–H groups in total. The topological polar surface area (TPSA) is 69.7 Å². The highest BCUT2D eigenvalue weighted by Crippen LogP contribution is 2.25. The van der Waals surface area contributed by atoms with Gasteiger partial charge in [0.05, 0.1) is 0 Å². The Morgan fingerprint density at radius 3 is 2.25 bits per heavy atom. The molecule has 2 atom stereocenters. The molecular formula is C18H33N3O3. The number of likely N-dealkylation sites (N-methyl/N-ethyl adjacent to an activating group) is 1. The lowest BCUT2D eigenvalue weighted by Gasteiger charge is -2.31. The van der Waals surface area contributed by atoms with Crippen LogP contribution < -0.4 is 5.32 Å². The van der Waals surface area contributed by atoms with Crippen LogP contribution in [0.5, 0.6) is 0 Å². The van der Waals surface area contributed by atoms with Crippen LogP contribution in [0.25, 0.3) is 0 Å². The molecule has 0 saturated carbocycles. The Hall–Kier alpha value is -1.59. The van der Waals surface area contributed by atoms with Crippen LogP contribution in [0, 0.1) is 11.3 Å². The van der Waals surface area contributed by atoms with E-state index in [4.69, 9.17) is 0 Å². The lowest BCUT2D eigenvalue weighted by atomic mass is 9.94. The molecule has 1 saturated heterocycles. The van der Waals surface area contributed by atoms with Gasteiger partial charge in [0.15, 0.2) is 0 Å². The van der Waals surface area contributed by atoms with Crippen LogP contribution in [0.3, 0.4) is 0 Å². The number of nitrogens with zero attached hydrogens (tertiary/aromatic N) is 2. The quantitative estimate of drug-likeness (QED) is 0.828. The fourth-order valence-electron chi connectivity index (χ4n) is 2.99. The summed E-state index contributed by atoms with van der Waals surface area (Å²) >= 11 is 0. The molecule has 1 aliphatic rings. The second-order valence-corrected chi connectivity index (χ2v) is 8.33. The molecule has 1 fully saturated rings. The molecule has 1 aliphatic heterocycles. The van der Waals surface area contributed by atoms with Gasteiger partial charge in [0.2, 0.25) is 17.7 Å². The van der Waals surface area contributed by atoms with E-state index < -0.39 is 17.5 Å². The normalized spacial score (nSPS) is 19.3. The Balaban J connectivity index is 2.86. The van der Waals surface area contributed by atoms with Gasteiger partial charge < -0.3 is 15.1 Å². The standard InChI is InChI=1S/C18H33N3O3/c1-12(2)11-13(16(23)20(6)7)19-15(22)14-9-8-10-21(14)17(24)18(3,4)5/h12-14H,8-11H2,1-7H3,(H,19,22)/t13-,14-/m0/s1. The highest BCUT2D eigenvalue weighted by molar-refractivity contribution is 5.93. The number of rotatable bonds is 5. The molecule has 0 aromatic carbocycles. The summed E-state index contributed by atoms with van der Waals surface area (Å²) < 4.78 is 0. The minimum Gasteiger partial charge on any atom is -0.347 e. The average Bonchev–Trinajstić information content (AvgIpc) is 2.92. The molecule has 138 valence electrons. The summed E-state index contributed by atoms with van der Waals surface area (Å²) in [5.74, 6) is -0.0516. The van der Waals surface area contributed by atoms with E-state index in [1.807, 2.05) is 34.6 Å². The first-order valence-electron chi connectivity index (χ1n) is 8.77. The Kier molecular flexibility index (Phi) is 6.81. The maximum Gasteiger partial charge on any atom is 0.244 e. The summed E-state index contributed by atoms with van der Waals surface area (Å²) in [6.45, 7) is 10.2. The van der Waals surface area contributed by atoms with E-state index in [-0.39, 0.29) is 23.6 Å². The van der Waals surface area contributed by atoms with Crippen molar-refractivity contribution in [2.75, 3.05) is 20.6 Å². The summed E-state index contributed by atoms with van der Waals surface area (Å²) in [6, 6.07) is -1.01. The average molecular weight is 339 g/mol. The molecular weight excluding hydrogens is 306 g/mol. The molecule has 0 unspecified atom stereocenters. The zero-order valence-electron chi connectivity index (χ0n) is 16.2. The van der Waals surface area contributed by atoms with Crippen molar-refractivity contribution < 1.29 is 14.4 Å². The summed E-state index contributed by atoms with van der Waals surface area (Å²) in [6.07, 6.45) is 2.05. The predicted molar refractivity (Wildman–Crippen MR) is 94.3 cm³/mol. The first-order chi connectivity index (χ1) is 10.9. The zero-order valence-corrected chi connectivity index (χ0v) is 16.2. The van der Waals surface area contributed by atoms with E-state index in [1.165, 1.54) is 4.90 Å². The second-order valence-electron chi connectivity index (χ2n) is 8.33. The zero-order chi connectivity index (χ0) is 18.7. The predicted octanol–water partition coefficient (Wildman–Crippen LogP) is 1.64. The largest absolute Gasteiger partial charge is 0.347 e. The second kappa shape index (κ2) is 7.99. The van der Waals surface area contributed by atoms with E-state index in [0.717, 1.165) is 6.42 Å². The number of likely N-dealkylation sites (tertiary alicyclic amines) is 1. The van der Waals surface area contributed by atoms with Crippen LogP contribution in [0.15, 0.2) is 0 Å². The molecule has 6 nitrogen and oxygen atoms in total. The number of hydrogen-bond acceptors (Lipinski definition) is 3. The molecule has 24 heavy (non-hydrogen) atoms. The van der Waals surface area contributed by atoms with E-state index in [0.29, 0.717) is 19.4 Å². The number of carbonyl (C=O) groups is 3. The Bertz CT molecular complexity index is 480. The fourth-order valence-corrected chi connectivity index (χ4v) is 2.99. The van der Waals surface area contributed by atoms with Crippen LogP contribution >= 0.6 is 0 Å². The Morgan fingerprint density at radius 2 is 1.79 bits per heavy atom. The highest BCUT2D eigenvalue weighted by atomic mass is 16.2. The van der Waals surface area contributed by atoms with Crippen molar-refractivity contribution in [3.63, 3.8) is 0 Å². The van der Waals surface area contributed by atoms with Crippen molar-refractivity contribution in [2.24, 2.45) is 11.3 Å². The van der Waals surface area contributed by atoms with Crippen molar-refractivity contribution in [3.8, 4) is 0 Å². The molecule has 0 bridgehead atoms. The number of amides is 3. The third kappa shape index (κ3) is 5.21. The van der Waals surface area contributed by atoms with E-state index in [2.05, 4.69) is 5.32 Å². The summed E-state index contributed by atoms with van der Waals surface area (Å²) in [5.41, 5.74) is -0.514. The minimum atomic E-state index is -0.542. The van der Waals surface area contributed by atoms with Gasteiger partial charge in [0.1, 0.15) is 12.1 Å². The highest BCUT2D eigenvalue weighted by Gasteiger charge is 2.39. The van der Waals surface area contributed by atoms with E-state index >= 15 is 0 Å². The van der Waals surface area contributed by atoms with Gasteiger partial charge >= 0.3 is 0 Å². The first-order valence-corrected chi connectivity index (χ1v) is 8.77. The van der Waals surface area contributed by atoms with Crippen LogP contribution in [0.4, 0.5) is 0 Å². The SMILES string of the molecule is CC(C)C[C@H](NC(=O)[C@@H]1CCCN1C(=O)C(C)(C)C)C(=O)N(C)C.